The van der Waals surface area contributed by atoms with E-state index >= 15 is 0 Å². The fraction of sp³-hybridized carbons (Fsp3) is 0.130. The van der Waals surface area contributed by atoms with Gasteiger partial charge in [0.1, 0.15) is 0 Å². The van der Waals surface area contributed by atoms with E-state index < -0.39 is 0 Å². The van der Waals surface area contributed by atoms with Gasteiger partial charge in [-0.25, -0.2) is 24.9 Å². The van der Waals surface area contributed by atoms with Gasteiger partial charge in [-0.1, -0.05) is 158 Å². The van der Waals surface area contributed by atoms with E-state index in [0.29, 0.717) is 22.9 Å². The molecule has 0 amide bonds. The first-order valence-electron chi connectivity index (χ1n) is 20.7. The Morgan fingerprint density at radius 2 is 0.881 bits per heavy atom. The third-order valence-corrected chi connectivity index (χ3v) is 12.6. The molecule has 2 fully saturated rings. The van der Waals surface area contributed by atoms with Crippen molar-refractivity contribution in [2.24, 2.45) is 5.92 Å². The fourth-order valence-corrected chi connectivity index (χ4v) is 9.50. The zero-order chi connectivity index (χ0) is 39.2. The standard InChI is InChI=1S/C54H41N5/c1-4-13-39(14-5-1)50-55-48(34-49(56-50)43-20-12-21-45(32-43)54-29-27-36(35-54)28-30-54)38-25-23-37(24-26-38)47-33-44(31-42-19-10-11-22-46(42)47)53-58-51(40-15-6-2-7-16-40)57-52(59-53)41-17-8-3-9-18-41/h1-26,31-34,36H,27-30,35H2. The van der Waals surface area contributed by atoms with Crippen molar-refractivity contribution in [2.75, 3.05) is 0 Å². The van der Waals surface area contributed by atoms with Gasteiger partial charge in [0.05, 0.1) is 11.4 Å². The number of benzene rings is 7. The van der Waals surface area contributed by atoms with Crippen LogP contribution in [0.3, 0.4) is 0 Å². The van der Waals surface area contributed by atoms with Crippen LogP contribution < -0.4 is 0 Å². The minimum absolute atomic E-state index is 0.327. The number of rotatable bonds is 8. The van der Waals surface area contributed by atoms with Crippen molar-refractivity contribution >= 4 is 10.8 Å². The molecule has 282 valence electrons. The molecule has 5 nitrogen and oxygen atoms in total. The van der Waals surface area contributed by atoms with Crippen LogP contribution >= 0.6 is 0 Å². The van der Waals surface area contributed by atoms with Crippen LogP contribution in [-0.4, -0.2) is 24.9 Å². The van der Waals surface area contributed by atoms with Crippen molar-refractivity contribution in [3.05, 3.63) is 188 Å². The summed E-state index contributed by atoms with van der Waals surface area (Å²) in [7, 11) is 0. The van der Waals surface area contributed by atoms with Crippen molar-refractivity contribution in [3.63, 3.8) is 0 Å². The molecule has 2 saturated carbocycles. The van der Waals surface area contributed by atoms with E-state index in [1.807, 2.05) is 66.7 Å². The molecule has 5 heteroatoms. The summed E-state index contributed by atoms with van der Waals surface area (Å²) in [6.07, 6.45) is 6.64. The Bertz CT molecular complexity index is 2900. The Morgan fingerprint density at radius 3 is 1.47 bits per heavy atom. The first kappa shape index (κ1) is 35.1. The lowest BCUT2D eigenvalue weighted by Gasteiger charge is -2.27. The van der Waals surface area contributed by atoms with E-state index in [1.165, 1.54) is 37.7 Å². The topological polar surface area (TPSA) is 64.5 Å². The second kappa shape index (κ2) is 14.7. The van der Waals surface area contributed by atoms with Gasteiger partial charge in [-0.15, -0.1) is 0 Å². The van der Waals surface area contributed by atoms with Gasteiger partial charge >= 0.3 is 0 Å². The Kier molecular flexibility index (Phi) is 8.73. The van der Waals surface area contributed by atoms with Crippen LogP contribution in [0.4, 0.5) is 0 Å². The van der Waals surface area contributed by atoms with E-state index in [0.717, 1.165) is 78.4 Å². The van der Waals surface area contributed by atoms with E-state index in [-0.39, 0.29) is 0 Å². The van der Waals surface area contributed by atoms with E-state index in [9.17, 15) is 0 Å². The summed E-state index contributed by atoms with van der Waals surface area (Å²) in [5.74, 6) is 3.54. The summed E-state index contributed by atoms with van der Waals surface area (Å²) < 4.78 is 0. The molecule has 0 atom stereocenters. The Labute approximate surface area is 344 Å². The van der Waals surface area contributed by atoms with E-state index in [2.05, 4.69) is 115 Å². The maximum absolute atomic E-state index is 5.19. The molecule has 7 aromatic carbocycles. The third-order valence-electron chi connectivity index (χ3n) is 12.6. The molecule has 0 unspecified atom stereocenters. The van der Waals surface area contributed by atoms with Crippen LogP contribution in [-0.2, 0) is 5.41 Å². The van der Waals surface area contributed by atoms with Gasteiger partial charge < -0.3 is 0 Å². The van der Waals surface area contributed by atoms with Crippen molar-refractivity contribution in [1.29, 1.82) is 0 Å². The molecule has 0 radical (unpaired) electrons. The molecule has 0 aliphatic heterocycles. The zero-order valence-electron chi connectivity index (χ0n) is 32.7. The summed E-state index contributed by atoms with van der Waals surface area (Å²) in [4.78, 5) is 25.4. The van der Waals surface area contributed by atoms with Gasteiger partial charge in [-0.3, -0.25) is 0 Å². The van der Waals surface area contributed by atoms with E-state index in [1.54, 1.807) is 0 Å². The second-order valence-electron chi connectivity index (χ2n) is 16.2. The molecule has 2 aromatic heterocycles. The lowest BCUT2D eigenvalue weighted by molar-refractivity contribution is 0.419. The zero-order valence-corrected chi connectivity index (χ0v) is 32.7. The quantitative estimate of drug-likeness (QED) is 0.154. The van der Waals surface area contributed by atoms with Crippen LogP contribution in [0.5, 0.6) is 0 Å². The van der Waals surface area contributed by atoms with Gasteiger partial charge in [-0.2, -0.15) is 0 Å². The number of hydrogen-bond donors (Lipinski definition) is 0. The molecule has 0 N–H and O–H groups in total. The van der Waals surface area contributed by atoms with Gasteiger partial charge in [0, 0.05) is 33.4 Å². The van der Waals surface area contributed by atoms with Crippen molar-refractivity contribution in [3.8, 4) is 79.2 Å². The lowest BCUT2D eigenvalue weighted by Crippen LogP contribution is -2.19. The molecule has 2 aliphatic rings. The maximum Gasteiger partial charge on any atom is 0.164 e. The predicted molar refractivity (Wildman–Crippen MR) is 239 cm³/mol. The van der Waals surface area contributed by atoms with Crippen LogP contribution in [0.2, 0.25) is 0 Å². The molecule has 0 spiro atoms. The van der Waals surface area contributed by atoms with Crippen LogP contribution in [0, 0.1) is 5.92 Å². The van der Waals surface area contributed by atoms with Gasteiger partial charge in [0.25, 0.3) is 0 Å². The van der Waals surface area contributed by atoms with Gasteiger partial charge in [0.15, 0.2) is 23.3 Å². The largest absolute Gasteiger partial charge is 0.228 e. The molecule has 2 heterocycles. The molecule has 2 aliphatic carbocycles. The predicted octanol–water partition coefficient (Wildman–Crippen LogP) is 13.3. The van der Waals surface area contributed by atoms with E-state index in [4.69, 9.17) is 24.9 Å². The van der Waals surface area contributed by atoms with Crippen molar-refractivity contribution in [2.45, 2.75) is 37.5 Å². The molecular weight excluding hydrogens is 719 g/mol. The average Bonchev–Trinajstić information content (AvgIpc) is 3.95. The molecule has 59 heavy (non-hydrogen) atoms. The molecule has 11 rings (SSSR count). The first-order chi connectivity index (χ1) is 29.1. The van der Waals surface area contributed by atoms with Crippen LogP contribution in [0.1, 0.15) is 37.7 Å². The summed E-state index contributed by atoms with van der Waals surface area (Å²) in [5.41, 5.74) is 11.9. The van der Waals surface area contributed by atoms with Gasteiger partial charge in [0.2, 0.25) is 0 Å². The second-order valence-corrected chi connectivity index (χ2v) is 16.2. The highest BCUT2D eigenvalue weighted by molar-refractivity contribution is 6.00. The minimum Gasteiger partial charge on any atom is -0.228 e. The van der Waals surface area contributed by atoms with Crippen LogP contribution in [0.15, 0.2) is 182 Å². The molecule has 0 saturated heterocycles. The highest BCUT2D eigenvalue weighted by atomic mass is 15.0. The van der Waals surface area contributed by atoms with Crippen LogP contribution in [0.25, 0.3) is 90.0 Å². The Morgan fingerprint density at radius 1 is 0.373 bits per heavy atom. The summed E-state index contributed by atoms with van der Waals surface area (Å²) in [5, 5.41) is 2.28. The van der Waals surface area contributed by atoms with Crippen molar-refractivity contribution < 1.29 is 0 Å². The molecule has 2 bridgehead atoms. The monoisotopic (exact) mass is 759 g/mol. The summed E-state index contributed by atoms with van der Waals surface area (Å²) >= 11 is 0. The number of nitrogens with zero attached hydrogens (tertiary/aromatic N) is 5. The summed E-state index contributed by atoms with van der Waals surface area (Å²) in [6, 6.07) is 63.7. The highest BCUT2D eigenvalue weighted by Gasteiger charge is 2.45. The molecule has 9 aromatic rings. The fourth-order valence-electron chi connectivity index (χ4n) is 9.50. The average molecular weight is 760 g/mol. The summed E-state index contributed by atoms with van der Waals surface area (Å²) in [6.45, 7) is 0. The number of aromatic nitrogens is 5. The smallest absolute Gasteiger partial charge is 0.164 e. The minimum atomic E-state index is 0.327. The number of hydrogen-bond acceptors (Lipinski definition) is 5. The Balaban J connectivity index is 1.00. The lowest BCUT2D eigenvalue weighted by atomic mass is 9.77. The third kappa shape index (κ3) is 6.69. The number of fused-ring (bicyclic) bond motifs is 3. The highest BCUT2D eigenvalue weighted by Crippen LogP contribution is 2.55. The maximum atomic E-state index is 5.19. The Hall–Kier alpha value is -7.11. The van der Waals surface area contributed by atoms with Gasteiger partial charge in [-0.05, 0) is 95.2 Å². The molecular formula is C54H41N5. The first-order valence-corrected chi connectivity index (χ1v) is 20.7. The van der Waals surface area contributed by atoms with Crippen molar-refractivity contribution in [1.82, 2.24) is 24.9 Å². The SMILES string of the molecule is c1ccc(-c2nc(-c3ccc(-c4cc(-c5nc(-c6ccccc6)nc(-c6ccccc6)n5)cc5ccccc45)cc3)cc(-c3cccc(C45CCC(CC4)C5)c3)n2)cc1. The normalized spacial score (nSPS) is 17.1.